The van der Waals surface area contributed by atoms with Crippen molar-refractivity contribution in [1.29, 1.82) is 0 Å². The second-order valence-electron chi connectivity index (χ2n) is 3.34. The van der Waals surface area contributed by atoms with Crippen molar-refractivity contribution in [3.05, 3.63) is 16.7 Å². The van der Waals surface area contributed by atoms with Gasteiger partial charge in [0.2, 0.25) is 0 Å². The van der Waals surface area contributed by atoms with Crippen molar-refractivity contribution in [2.75, 3.05) is 11.5 Å². The first-order valence-corrected chi connectivity index (χ1v) is 6.36. The van der Waals surface area contributed by atoms with Crippen LogP contribution in [0.4, 0.5) is 0 Å². The molecule has 0 saturated carbocycles. The highest BCUT2D eigenvalue weighted by atomic mass is 32.2. The lowest BCUT2D eigenvalue weighted by atomic mass is 10.3. The van der Waals surface area contributed by atoms with Gasteiger partial charge in [0.05, 0.1) is 29.8 Å². The molecule has 0 unspecified atom stereocenters. The van der Waals surface area contributed by atoms with Gasteiger partial charge in [-0.05, 0) is 12.2 Å². The van der Waals surface area contributed by atoms with Gasteiger partial charge in [0.15, 0.2) is 14.6 Å². The quantitative estimate of drug-likeness (QED) is 0.707. The molecule has 2 rings (SSSR count). The molecule has 0 bridgehead atoms. The molecule has 0 amide bonds. The van der Waals surface area contributed by atoms with Gasteiger partial charge >= 0.3 is 0 Å². The number of sulfone groups is 1. The van der Waals surface area contributed by atoms with Crippen LogP contribution in [0, 0.1) is 4.77 Å². The van der Waals surface area contributed by atoms with Crippen LogP contribution in [0.3, 0.4) is 0 Å². The summed E-state index contributed by atoms with van der Waals surface area (Å²) in [6.07, 6.45) is 1.60. The highest BCUT2D eigenvalue weighted by Crippen LogP contribution is 2.25. The van der Waals surface area contributed by atoms with Crippen LogP contribution in [-0.4, -0.2) is 34.6 Å². The van der Waals surface area contributed by atoms with E-state index in [0.717, 1.165) is 0 Å². The van der Waals surface area contributed by atoms with Crippen LogP contribution in [0.2, 0.25) is 0 Å². The van der Waals surface area contributed by atoms with E-state index in [4.69, 9.17) is 17.3 Å². The van der Waals surface area contributed by atoms with Crippen LogP contribution in [-0.2, 0) is 16.4 Å². The average Bonchev–Trinajstić information content (AvgIpc) is 2.42. The monoisotopic (exact) mass is 234 g/mol. The molecule has 0 aromatic carbocycles. The number of hydrogen-bond donors (Lipinski definition) is 2. The fourth-order valence-electron chi connectivity index (χ4n) is 1.62. The molecule has 0 atom stereocenters. The lowest BCUT2D eigenvalue weighted by Gasteiger charge is -2.28. The highest BCUT2D eigenvalue weighted by Gasteiger charge is 2.35. The molecule has 78 valence electrons. The SMILES string of the molecule is O=S1(=O)CC(n2c(CO)c[nH]c2=S)C1. The van der Waals surface area contributed by atoms with Gasteiger partial charge in [0.1, 0.15) is 0 Å². The maximum absolute atomic E-state index is 11.0. The summed E-state index contributed by atoms with van der Waals surface area (Å²) in [6, 6.07) is -0.110. The molecule has 1 aliphatic heterocycles. The molecule has 5 nitrogen and oxygen atoms in total. The van der Waals surface area contributed by atoms with Crippen molar-refractivity contribution in [3.8, 4) is 0 Å². The number of rotatable bonds is 2. The number of aliphatic hydroxyl groups is 1. The Labute approximate surface area is 86.3 Å². The molecule has 2 heterocycles. The number of hydrogen-bond acceptors (Lipinski definition) is 4. The topological polar surface area (TPSA) is 75.1 Å². The summed E-state index contributed by atoms with van der Waals surface area (Å²) < 4.78 is 24.1. The third kappa shape index (κ3) is 1.51. The van der Waals surface area contributed by atoms with E-state index in [1.54, 1.807) is 10.8 Å². The second-order valence-corrected chi connectivity index (χ2v) is 5.88. The first-order chi connectivity index (χ1) is 6.53. The Morgan fingerprint density at radius 1 is 1.64 bits per heavy atom. The van der Waals surface area contributed by atoms with E-state index in [1.165, 1.54) is 0 Å². The van der Waals surface area contributed by atoms with Gasteiger partial charge in [-0.25, -0.2) is 8.42 Å². The number of imidazole rings is 1. The minimum Gasteiger partial charge on any atom is -0.390 e. The fourth-order valence-corrected chi connectivity index (χ4v) is 3.32. The minimum absolute atomic E-state index is 0.110. The number of nitrogens with one attached hydrogen (secondary N) is 1. The van der Waals surface area contributed by atoms with Crippen molar-refractivity contribution < 1.29 is 13.5 Å². The fraction of sp³-hybridized carbons (Fsp3) is 0.571. The zero-order chi connectivity index (χ0) is 10.3. The van der Waals surface area contributed by atoms with E-state index in [-0.39, 0.29) is 24.2 Å². The van der Waals surface area contributed by atoms with Gasteiger partial charge in [-0.1, -0.05) is 0 Å². The molecule has 0 aliphatic carbocycles. The smallest absolute Gasteiger partial charge is 0.177 e. The van der Waals surface area contributed by atoms with Crippen LogP contribution >= 0.6 is 12.2 Å². The molecule has 1 aliphatic rings. The van der Waals surface area contributed by atoms with Gasteiger partial charge in [0, 0.05) is 6.20 Å². The molecule has 7 heteroatoms. The maximum atomic E-state index is 11.0. The molecule has 0 spiro atoms. The maximum Gasteiger partial charge on any atom is 0.177 e. The lowest BCUT2D eigenvalue weighted by Crippen LogP contribution is -2.38. The van der Waals surface area contributed by atoms with Gasteiger partial charge in [-0.3, -0.25) is 0 Å². The van der Waals surface area contributed by atoms with Crippen molar-refractivity contribution in [1.82, 2.24) is 9.55 Å². The Morgan fingerprint density at radius 2 is 2.29 bits per heavy atom. The molecule has 14 heavy (non-hydrogen) atoms. The third-order valence-corrected chi connectivity index (χ3v) is 4.41. The van der Waals surface area contributed by atoms with Crippen LogP contribution in [0.5, 0.6) is 0 Å². The van der Waals surface area contributed by atoms with Crippen molar-refractivity contribution >= 4 is 22.1 Å². The number of nitrogens with zero attached hydrogens (tertiary/aromatic N) is 1. The van der Waals surface area contributed by atoms with Crippen LogP contribution in [0.25, 0.3) is 0 Å². The summed E-state index contributed by atoms with van der Waals surface area (Å²) in [5.74, 6) is 0.234. The van der Waals surface area contributed by atoms with E-state index in [1.807, 2.05) is 0 Å². The average molecular weight is 234 g/mol. The normalized spacial score (nSPS) is 20.6. The predicted molar refractivity (Wildman–Crippen MR) is 53.2 cm³/mol. The standard InChI is InChI=1S/C7H10N2O3S2/c10-2-5-1-8-7(13)9(5)6-3-14(11,12)4-6/h1,6,10H,2-4H2,(H,8,13). The number of aromatic nitrogens is 2. The molecular weight excluding hydrogens is 224 g/mol. The Hall–Kier alpha value is -0.660. The van der Waals surface area contributed by atoms with E-state index >= 15 is 0 Å². The van der Waals surface area contributed by atoms with E-state index in [9.17, 15) is 8.42 Å². The first-order valence-electron chi connectivity index (χ1n) is 4.13. The zero-order valence-electron chi connectivity index (χ0n) is 7.30. The summed E-state index contributed by atoms with van der Waals surface area (Å²) in [4.78, 5) is 2.79. The van der Waals surface area contributed by atoms with Crippen molar-refractivity contribution in [2.24, 2.45) is 0 Å². The van der Waals surface area contributed by atoms with E-state index in [0.29, 0.717) is 10.5 Å². The molecule has 1 fully saturated rings. The lowest BCUT2D eigenvalue weighted by molar-refractivity contribution is 0.267. The zero-order valence-corrected chi connectivity index (χ0v) is 8.94. The summed E-state index contributed by atoms with van der Waals surface area (Å²) in [6.45, 7) is -0.135. The van der Waals surface area contributed by atoms with Gasteiger partial charge < -0.3 is 14.7 Å². The van der Waals surface area contributed by atoms with Crippen LogP contribution in [0.1, 0.15) is 11.7 Å². The summed E-state index contributed by atoms with van der Waals surface area (Å²) in [5.41, 5.74) is 0.634. The molecule has 1 aromatic rings. The predicted octanol–water partition coefficient (Wildman–Crippen LogP) is 0.00749. The first kappa shape index (κ1) is 9.88. The van der Waals surface area contributed by atoms with Crippen molar-refractivity contribution in [3.63, 3.8) is 0 Å². The molecule has 1 aromatic heterocycles. The number of aliphatic hydroxyl groups excluding tert-OH is 1. The molecule has 2 N–H and O–H groups in total. The molecule has 0 radical (unpaired) electrons. The Bertz CT molecular complexity index is 487. The second kappa shape index (κ2) is 3.18. The van der Waals surface area contributed by atoms with Gasteiger partial charge in [-0.2, -0.15) is 0 Å². The van der Waals surface area contributed by atoms with E-state index < -0.39 is 9.84 Å². The van der Waals surface area contributed by atoms with Crippen LogP contribution < -0.4 is 0 Å². The third-order valence-electron chi connectivity index (χ3n) is 2.31. The van der Waals surface area contributed by atoms with E-state index in [2.05, 4.69) is 4.98 Å². The van der Waals surface area contributed by atoms with Crippen molar-refractivity contribution in [2.45, 2.75) is 12.6 Å². The Morgan fingerprint density at radius 3 is 2.79 bits per heavy atom. The largest absolute Gasteiger partial charge is 0.390 e. The Kier molecular flexibility index (Phi) is 2.24. The minimum atomic E-state index is -2.86. The van der Waals surface area contributed by atoms with Gasteiger partial charge in [-0.15, -0.1) is 0 Å². The van der Waals surface area contributed by atoms with Gasteiger partial charge in [0.25, 0.3) is 0 Å². The number of H-pyrrole nitrogens is 1. The summed E-state index contributed by atoms with van der Waals surface area (Å²) in [5, 5.41) is 8.99. The highest BCUT2D eigenvalue weighted by molar-refractivity contribution is 7.92. The summed E-state index contributed by atoms with van der Waals surface area (Å²) in [7, 11) is -2.86. The Balaban J connectivity index is 2.34. The molecular formula is C7H10N2O3S2. The number of aromatic amines is 1. The molecule has 1 saturated heterocycles. The van der Waals surface area contributed by atoms with Crippen LogP contribution in [0.15, 0.2) is 6.20 Å². The summed E-state index contributed by atoms with van der Waals surface area (Å²) >= 11 is 4.99.